The minimum Gasteiger partial charge on any atom is -0.382 e. The Labute approximate surface area is 143 Å². The van der Waals surface area contributed by atoms with E-state index in [4.69, 9.17) is 5.73 Å². The van der Waals surface area contributed by atoms with Crippen LogP contribution in [-0.2, 0) is 12.8 Å². The first kappa shape index (κ1) is 16.7. The predicted molar refractivity (Wildman–Crippen MR) is 91.0 cm³/mol. The molecule has 0 spiro atoms. The van der Waals surface area contributed by atoms with Crippen molar-refractivity contribution in [2.45, 2.75) is 12.8 Å². The average molecular weight is 339 g/mol. The molecule has 0 amide bonds. The summed E-state index contributed by atoms with van der Waals surface area (Å²) in [5.74, 6) is -0.954. The molecule has 0 aliphatic rings. The van der Waals surface area contributed by atoms with Crippen LogP contribution in [0, 0.1) is 11.6 Å². The van der Waals surface area contributed by atoms with Crippen molar-refractivity contribution in [3.05, 3.63) is 77.1 Å². The number of nitrogens with two attached hydrogens (primary N) is 1. The van der Waals surface area contributed by atoms with Crippen molar-refractivity contribution in [2.75, 3.05) is 5.73 Å². The van der Waals surface area contributed by atoms with Gasteiger partial charge in [0.2, 0.25) is 0 Å². The normalized spacial score (nSPS) is 10.6. The summed E-state index contributed by atoms with van der Waals surface area (Å²) in [6, 6.07) is 10.6. The summed E-state index contributed by atoms with van der Waals surface area (Å²) in [7, 11) is 0. The second kappa shape index (κ2) is 7.17. The molecule has 25 heavy (non-hydrogen) atoms. The minimum absolute atomic E-state index is 0.00411. The summed E-state index contributed by atoms with van der Waals surface area (Å²) in [5, 5.41) is 0. The molecule has 0 aliphatic carbocycles. The van der Waals surface area contributed by atoms with Crippen molar-refractivity contribution in [1.29, 1.82) is 0 Å². The van der Waals surface area contributed by atoms with E-state index < -0.39 is 11.6 Å². The molecule has 0 saturated carbocycles. The maximum absolute atomic E-state index is 13.7. The van der Waals surface area contributed by atoms with Crippen LogP contribution < -0.4 is 5.73 Å². The monoisotopic (exact) mass is 339 g/mol. The third-order valence-corrected chi connectivity index (χ3v) is 3.89. The third kappa shape index (κ3) is 3.68. The molecule has 6 heteroatoms. The van der Waals surface area contributed by atoms with Gasteiger partial charge in [-0.25, -0.2) is 18.7 Å². The van der Waals surface area contributed by atoms with Gasteiger partial charge in [-0.2, -0.15) is 0 Å². The number of anilines is 1. The largest absolute Gasteiger partial charge is 0.382 e. The Morgan fingerprint density at radius 2 is 1.68 bits per heavy atom. The molecule has 0 radical (unpaired) electrons. The van der Waals surface area contributed by atoms with E-state index in [-0.39, 0.29) is 24.2 Å². The Balaban J connectivity index is 1.85. The first-order valence-corrected chi connectivity index (χ1v) is 7.68. The summed E-state index contributed by atoms with van der Waals surface area (Å²) in [4.78, 5) is 19.3. The Morgan fingerprint density at radius 1 is 1.00 bits per heavy atom. The van der Waals surface area contributed by atoms with Crippen LogP contribution in [0.25, 0.3) is 11.3 Å². The number of aldehydes is 1. The first-order valence-electron chi connectivity index (χ1n) is 7.68. The fraction of sp³-hybridized carbons (Fsp3) is 0.105. The van der Waals surface area contributed by atoms with E-state index in [1.807, 2.05) is 0 Å². The van der Waals surface area contributed by atoms with Crippen LogP contribution in [0.5, 0.6) is 0 Å². The number of benzene rings is 2. The van der Waals surface area contributed by atoms with Gasteiger partial charge in [-0.3, -0.25) is 4.79 Å². The van der Waals surface area contributed by atoms with Crippen molar-refractivity contribution < 1.29 is 13.6 Å². The van der Waals surface area contributed by atoms with Crippen LogP contribution in [0.4, 0.5) is 14.6 Å². The van der Waals surface area contributed by atoms with Gasteiger partial charge >= 0.3 is 0 Å². The second-order valence-electron chi connectivity index (χ2n) is 5.53. The molecule has 0 aliphatic heterocycles. The molecule has 4 nitrogen and oxygen atoms in total. The van der Waals surface area contributed by atoms with E-state index in [0.717, 1.165) is 11.8 Å². The smallest absolute Gasteiger partial charge is 0.150 e. The quantitative estimate of drug-likeness (QED) is 0.721. The van der Waals surface area contributed by atoms with Crippen LogP contribution in [0.1, 0.15) is 21.6 Å². The number of hydrogen-bond donors (Lipinski definition) is 1. The maximum Gasteiger partial charge on any atom is 0.150 e. The van der Waals surface area contributed by atoms with Gasteiger partial charge in [0.15, 0.2) is 0 Å². The SMILES string of the molecule is Nc1ncc(-c2ccc(C=O)cc2)nc1CCc1c(F)cccc1F. The fourth-order valence-corrected chi connectivity index (χ4v) is 2.51. The zero-order valence-electron chi connectivity index (χ0n) is 13.2. The molecule has 0 bridgehead atoms. The van der Waals surface area contributed by atoms with Gasteiger partial charge < -0.3 is 5.73 Å². The number of nitrogen functional groups attached to an aromatic ring is 1. The summed E-state index contributed by atoms with van der Waals surface area (Å²) in [5.41, 5.74) is 8.23. The van der Waals surface area contributed by atoms with E-state index >= 15 is 0 Å². The van der Waals surface area contributed by atoms with Crippen LogP contribution in [0.2, 0.25) is 0 Å². The molecule has 2 N–H and O–H groups in total. The lowest BCUT2D eigenvalue weighted by molar-refractivity contribution is 0.112. The Hall–Kier alpha value is -3.15. The van der Waals surface area contributed by atoms with Crippen molar-refractivity contribution in [3.63, 3.8) is 0 Å². The lowest BCUT2D eigenvalue weighted by Crippen LogP contribution is -2.06. The summed E-state index contributed by atoms with van der Waals surface area (Å²) < 4.78 is 27.5. The van der Waals surface area contributed by atoms with Crippen LogP contribution in [0.15, 0.2) is 48.7 Å². The highest BCUT2D eigenvalue weighted by molar-refractivity contribution is 5.76. The lowest BCUT2D eigenvalue weighted by Gasteiger charge is -2.09. The predicted octanol–water partition coefficient (Wildman–Crippen LogP) is 3.60. The van der Waals surface area contributed by atoms with Gasteiger partial charge in [0, 0.05) is 16.7 Å². The molecule has 0 saturated heterocycles. The number of aryl methyl sites for hydroxylation is 1. The third-order valence-electron chi connectivity index (χ3n) is 3.89. The topological polar surface area (TPSA) is 68.9 Å². The number of carbonyl (C=O) groups is 1. The molecule has 3 rings (SSSR count). The number of nitrogens with zero attached hydrogens (tertiary/aromatic N) is 2. The van der Waals surface area contributed by atoms with Gasteiger partial charge in [-0.15, -0.1) is 0 Å². The van der Waals surface area contributed by atoms with Crippen molar-refractivity contribution in [1.82, 2.24) is 9.97 Å². The van der Waals surface area contributed by atoms with Crippen molar-refractivity contribution in [3.8, 4) is 11.3 Å². The minimum atomic E-state index is -0.591. The molecule has 1 aromatic heterocycles. The highest BCUT2D eigenvalue weighted by Crippen LogP contribution is 2.21. The average Bonchev–Trinajstić information content (AvgIpc) is 2.63. The van der Waals surface area contributed by atoms with Crippen molar-refractivity contribution in [2.24, 2.45) is 0 Å². The van der Waals surface area contributed by atoms with Crippen LogP contribution in [0.3, 0.4) is 0 Å². The molecular weight excluding hydrogens is 324 g/mol. The molecule has 126 valence electrons. The van der Waals surface area contributed by atoms with E-state index in [1.54, 1.807) is 24.3 Å². The zero-order valence-corrected chi connectivity index (χ0v) is 13.2. The maximum atomic E-state index is 13.7. The van der Waals surface area contributed by atoms with Gasteiger partial charge in [0.05, 0.1) is 17.6 Å². The van der Waals surface area contributed by atoms with E-state index in [1.165, 1.54) is 24.4 Å². The molecule has 0 unspecified atom stereocenters. The second-order valence-corrected chi connectivity index (χ2v) is 5.53. The molecule has 3 aromatic rings. The van der Waals surface area contributed by atoms with Crippen molar-refractivity contribution >= 4 is 12.1 Å². The van der Waals surface area contributed by atoms with E-state index in [9.17, 15) is 13.6 Å². The summed E-state index contributed by atoms with van der Waals surface area (Å²) in [6.45, 7) is 0. The standard InChI is InChI=1S/C19H15F2N3O/c20-15-2-1-3-16(21)14(15)8-9-17-19(22)23-10-18(24-17)13-6-4-12(11-25)5-7-13/h1-7,10-11H,8-9H2,(H2,22,23). The van der Waals surface area contributed by atoms with E-state index in [2.05, 4.69) is 9.97 Å². The number of aromatic nitrogens is 2. The van der Waals surface area contributed by atoms with Gasteiger partial charge in [-0.1, -0.05) is 30.3 Å². The molecular formula is C19H15F2N3O. The Kier molecular flexibility index (Phi) is 4.79. The number of carbonyl (C=O) groups excluding carboxylic acids is 1. The van der Waals surface area contributed by atoms with E-state index in [0.29, 0.717) is 17.0 Å². The number of rotatable bonds is 5. The van der Waals surface area contributed by atoms with Gasteiger partial charge in [-0.05, 0) is 25.0 Å². The number of halogens is 2. The molecule has 1 heterocycles. The van der Waals surface area contributed by atoms with Crippen LogP contribution >= 0.6 is 0 Å². The number of hydrogen-bond acceptors (Lipinski definition) is 4. The first-order chi connectivity index (χ1) is 12.1. The Bertz CT molecular complexity index is 891. The molecule has 0 atom stereocenters. The lowest BCUT2D eigenvalue weighted by atomic mass is 10.1. The zero-order chi connectivity index (χ0) is 17.8. The Morgan fingerprint density at radius 3 is 2.32 bits per heavy atom. The molecule has 0 fully saturated rings. The summed E-state index contributed by atoms with van der Waals surface area (Å²) >= 11 is 0. The highest BCUT2D eigenvalue weighted by Gasteiger charge is 2.12. The van der Waals surface area contributed by atoms with Gasteiger partial charge in [0.25, 0.3) is 0 Å². The molecule has 2 aromatic carbocycles. The highest BCUT2D eigenvalue weighted by atomic mass is 19.1. The van der Waals surface area contributed by atoms with Gasteiger partial charge in [0.1, 0.15) is 23.7 Å². The fourth-order valence-electron chi connectivity index (χ4n) is 2.51. The van der Waals surface area contributed by atoms with Crippen LogP contribution in [-0.4, -0.2) is 16.3 Å². The summed E-state index contributed by atoms with van der Waals surface area (Å²) in [6.07, 6.45) is 2.67.